The van der Waals surface area contributed by atoms with E-state index in [9.17, 15) is 14.9 Å². The normalized spacial score (nSPS) is 16.5. The van der Waals surface area contributed by atoms with Gasteiger partial charge in [0.25, 0.3) is 11.6 Å². The van der Waals surface area contributed by atoms with Gasteiger partial charge in [0.05, 0.1) is 28.7 Å². The maximum absolute atomic E-state index is 13.6. The molecule has 0 saturated carbocycles. The molecule has 0 aliphatic carbocycles. The first kappa shape index (κ1) is 27.6. The number of methoxy groups -OCH3 is 1. The van der Waals surface area contributed by atoms with E-state index in [1.165, 1.54) is 19.2 Å². The fraction of sp³-hybridized carbons (Fsp3) is 0.708. The molecule has 0 N–H and O–H groups in total. The molecule has 1 aromatic rings. The molecule has 1 saturated heterocycles. The molecule has 2 rings (SSSR count). The molecule has 0 radical (unpaired) electrons. The topological polar surface area (TPSA) is 81.9 Å². The number of ether oxygens (including phenoxy) is 2. The zero-order chi connectivity index (χ0) is 24.8. The lowest BCUT2D eigenvalue weighted by Gasteiger charge is -2.31. The van der Waals surface area contributed by atoms with E-state index >= 15 is 0 Å². The lowest BCUT2D eigenvalue weighted by Crippen LogP contribution is -2.41. The van der Waals surface area contributed by atoms with Crippen LogP contribution in [0.25, 0.3) is 0 Å². The summed E-state index contributed by atoms with van der Waals surface area (Å²) >= 11 is 3.67. The Hall–Kier alpha value is -1.61. The lowest BCUT2D eigenvalue weighted by molar-refractivity contribution is -0.385. The predicted molar refractivity (Wildman–Crippen MR) is 138 cm³/mol. The van der Waals surface area contributed by atoms with Gasteiger partial charge in [0.2, 0.25) is 0 Å². The molecule has 1 atom stereocenters. The minimum atomic E-state index is -0.539. The molecule has 0 spiro atoms. The van der Waals surface area contributed by atoms with Crippen LogP contribution in [0.2, 0.25) is 0 Å². The standard InChI is InChI=1S/C24H38N2O5S2/c1-8-32-23(33-9-2)18-11-10-12-25(18)22(27)17-13-20(30-7)21(14-19(17)26(28)29)31-24(5,6)15-16(3)4/h13-14,16,18,23H,8-12,15H2,1-7H3/t18-/m0/s1. The van der Waals surface area contributed by atoms with Crippen LogP contribution < -0.4 is 9.47 Å². The van der Waals surface area contributed by atoms with Crippen molar-refractivity contribution in [2.45, 2.75) is 77.0 Å². The number of carbonyl (C=O) groups is 1. The fourth-order valence-electron chi connectivity index (χ4n) is 4.51. The average molecular weight is 499 g/mol. The number of thioether (sulfide) groups is 2. The van der Waals surface area contributed by atoms with Gasteiger partial charge in [-0.05, 0) is 50.5 Å². The predicted octanol–water partition coefficient (Wildman–Crippen LogP) is 6.24. The van der Waals surface area contributed by atoms with E-state index < -0.39 is 10.5 Å². The van der Waals surface area contributed by atoms with Gasteiger partial charge in [-0.1, -0.05) is 27.7 Å². The summed E-state index contributed by atoms with van der Waals surface area (Å²) < 4.78 is 11.9. The van der Waals surface area contributed by atoms with Gasteiger partial charge < -0.3 is 14.4 Å². The molecule has 0 unspecified atom stereocenters. The molecule has 9 heteroatoms. The summed E-state index contributed by atoms with van der Waals surface area (Å²) in [6.45, 7) is 12.9. The Morgan fingerprint density at radius 3 is 2.39 bits per heavy atom. The smallest absolute Gasteiger partial charge is 0.286 e. The molecule has 33 heavy (non-hydrogen) atoms. The monoisotopic (exact) mass is 498 g/mol. The van der Waals surface area contributed by atoms with Gasteiger partial charge in [0.15, 0.2) is 11.5 Å². The number of rotatable bonds is 12. The molecule has 1 aliphatic heterocycles. The number of nitro benzene ring substituents is 1. The van der Waals surface area contributed by atoms with Crippen LogP contribution in [-0.2, 0) is 0 Å². The van der Waals surface area contributed by atoms with E-state index in [-0.39, 0.29) is 33.5 Å². The van der Waals surface area contributed by atoms with Crippen LogP contribution in [0, 0.1) is 16.0 Å². The van der Waals surface area contributed by atoms with E-state index in [2.05, 4.69) is 27.7 Å². The third kappa shape index (κ3) is 7.18. The summed E-state index contributed by atoms with van der Waals surface area (Å²) in [6, 6.07) is 2.88. The van der Waals surface area contributed by atoms with Crippen molar-refractivity contribution in [2.75, 3.05) is 25.2 Å². The molecule has 1 fully saturated rings. The summed E-state index contributed by atoms with van der Waals surface area (Å²) in [7, 11) is 1.49. The summed E-state index contributed by atoms with van der Waals surface area (Å²) in [5, 5.41) is 12.0. The van der Waals surface area contributed by atoms with Gasteiger partial charge in [-0.2, -0.15) is 0 Å². The molecule has 1 heterocycles. The number of benzene rings is 1. The van der Waals surface area contributed by atoms with Crippen molar-refractivity contribution >= 4 is 35.1 Å². The van der Waals surface area contributed by atoms with Crippen LogP contribution in [0.15, 0.2) is 12.1 Å². The van der Waals surface area contributed by atoms with Gasteiger partial charge >= 0.3 is 0 Å². The number of carbonyl (C=O) groups excluding carboxylic acids is 1. The van der Waals surface area contributed by atoms with E-state index in [0.29, 0.717) is 18.2 Å². The highest BCUT2D eigenvalue weighted by Gasteiger charge is 2.38. The maximum Gasteiger partial charge on any atom is 0.286 e. The second kappa shape index (κ2) is 12.2. The third-order valence-corrected chi connectivity index (χ3v) is 8.30. The fourth-order valence-corrected chi connectivity index (χ4v) is 7.38. The van der Waals surface area contributed by atoms with Crippen molar-refractivity contribution in [2.24, 2.45) is 5.92 Å². The number of nitro groups is 1. The minimum absolute atomic E-state index is 0.0545. The molecular weight excluding hydrogens is 460 g/mol. The van der Waals surface area contributed by atoms with Crippen LogP contribution in [0.5, 0.6) is 11.5 Å². The quantitative estimate of drug-likeness (QED) is 0.191. The van der Waals surface area contributed by atoms with E-state index in [0.717, 1.165) is 30.8 Å². The molecule has 7 nitrogen and oxygen atoms in total. The largest absolute Gasteiger partial charge is 0.493 e. The molecule has 1 aromatic carbocycles. The van der Waals surface area contributed by atoms with Crippen LogP contribution in [0.3, 0.4) is 0 Å². The van der Waals surface area contributed by atoms with E-state index in [1.54, 1.807) is 0 Å². The van der Waals surface area contributed by atoms with Crippen molar-refractivity contribution in [3.05, 3.63) is 27.8 Å². The van der Waals surface area contributed by atoms with Crippen molar-refractivity contribution in [3.8, 4) is 11.5 Å². The summed E-state index contributed by atoms with van der Waals surface area (Å²) in [6.07, 6.45) is 2.58. The lowest BCUT2D eigenvalue weighted by atomic mass is 9.96. The number of nitrogens with zero attached hydrogens (tertiary/aromatic N) is 2. The van der Waals surface area contributed by atoms with Crippen LogP contribution in [-0.4, -0.2) is 57.1 Å². The Morgan fingerprint density at radius 1 is 1.24 bits per heavy atom. The molecular formula is C24H38N2O5S2. The second-order valence-electron chi connectivity index (χ2n) is 9.22. The first-order chi connectivity index (χ1) is 15.5. The van der Waals surface area contributed by atoms with Crippen molar-refractivity contribution < 1.29 is 19.2 Å². The highest BCUT2D eigenvalue weighted by Crippen LogP contribution is 2.40. The van der Waals surface area contributed by atoms with Gasteiger partial charge in [0, 0.05) is 12.6 Å². The highest BCUT2D eigenvalue weighted by atomic mass is 32.2. The summed E-state index contributed by atoms with van der Waals surface area (Å²) in [4.78, 5) is 26.9. The molecule has 0 bridgehead atoms. The second-order valence-corrected chi connectivity index (χ2v) is 12.4. The third-order valence-electron chi connectivity index (χ3n) is 5.53. The number of likely N-dealkylation sites (tertiary alicyclic amines) is 1. The van der Waals surface area contributed by atoms with Gasteiger partial charge in [0.1, 0.15) is 11.2 Å². The Bertz CT molecular complexity index is 825. The first-order valence-corrected chi connectivity index (χ1v) is 13.7. The minimum Gasteiger partial charge on any atom is -0.493 e. The maximum atomic E-state index is 13.6. The van der Waals surface area contributed by atoms with Crippen molar-refractivity contribution in [3.63, 3.8) is 0 Å². The highest BCUT2D eigenvalue weighted by molar-refractivity contribution is 8.17. The SMILES string of the molecule is CCSC(SCC)[C@@H]1CCCN1C(=O)c1cc(OC)c(OC(C)(C)CC(C)C)cc1[N+](=O)[O-]. The Balaban J connectivity index is 2.44. The van der Waals surface area contributed by atoms with Crippen LogP contribution >= 0.6 is 23.5 Å². The van der Waals surface area contributed by atoms with Gasteiger partial charge in [-0.25, -0.2) is 0 Å². The Morgan fingerprint density at radius 2 is 1.88 bits per heavy atom. The Kier molecular flexibility index (Phi) is 10.2. The number of amides is 1. The van der Waals surface area contributed by atoms with Gasteiger partial charge in [-0.3, -0.25) is 14.9 Å². The van der Waals surface area contributed by atoms with Crippen molar-refractivity contribution in [1.82, 2.24) is 4.90 Å². The first-order valence-electron chi connectivity index (χ1n) is 11.6. The zero-order valence-electron chi connectivity index (χ0n) is 20.9. The van der Waals surface area contributed by atoms with Crippen LogP contribution in [0.4, 0.5) is 5.69 Å². The van der Waals surface area contributed by atoms with Crippen LogP contribution in [0.1, 0.15) is 71.2 Å². The zero-order valence-corrected chi connectivity index (χ0v) is 22.5. The Labute approximate surface area is 206 Å². The number of hydrogen-bond donors (Lipinski definition) is 0. The van der Waals surface area contributed by atoms with E-state index in [1.807, 2.05) is 42.3 Å². The molecule has 0 aromatic heterocycles. The van der Waals surface area contributed by atoms with E-state index in [4.69, 9.17) is 9.47 Å². The number of hydrogen-bond acceptors (Lipinski definition) is 7. The van der Waals surface area contributed by atoms with Gasteiger partial charge in [-0.15, -0.1) is 23.5 Å². The molecule has 186 valence electrons. The summed E-state index contributed by atoms with van der Waals surface area (Å²) in [5.74, 6) is 2.62. The molecule has 1 amide bonds. The molecule has 1 aliphatic rings. The average Bonchev–Trinajstić information content (AvgIpc) is 3.21. The van der Waals surface area contributed by atoms with Crippen molar-refractivity contribution in [1.29, 1.82) is 0 Å². The summed E-state index contributed by atoms with van der Waals surface area (Å²) in [5.41, 5.74) is -0.729.